The number of anilines is 3. The number of fused-ring (bicyclic) bond motifs is 4. The maximum atomic E-state index is 13.7. The number of carboxylic acid groups (broad SMARTS) is 1. The molecule has 0 amide bonds. The Kier molecular flexibility index (Phi) is 7.87. The summed E-state index contributed by atoms with van der Waals surface area (Å²) in [5.74, 6) is -1.90. The summed E-state index contributed by atoms with van der Waals surface area (Å²) < 4.78 is 34.8. The van der Waals surface area contributed by atoms with Crippen LogP contribution in [0.4, 0.5) is 30.5 Å². The average Bonchev–Trinajstić information content (AvgIpc) is 3.38. The minimum absolute atomic E-state index is 0.0128. The molecule has 3 N–H and O–H groups in total. The number of aromatic hydroxyl groups is 1. The Morgan fingerprint density at radius 3 is 2.30 bits per heavy atom. The van der Waals surface area contributed by atoms with E-state index >= 15 is 0 Å². The van der Waals surface area contributed by atoms with Gasteiger partial charge in [0.05, 0.1) is 10.9 Å². The molecule has 13 nitrogen and oxygen atoms in total. The number of rotatable bonds is 4. The first-order valence-corrected chi connectivity index (χ1v) is 14.0. The van der Waals surface area contributed by atoms with Crippen LogP contribution >= 0.6 is 0 Å². The molecule has 0 radical (unpaired) electrons. The van der Waals surface area contributed by atoms with E-state index in [2.05, 4.69) is 49.2 Å². The molecule has 0 atom stereocenters. The summed E-state index contributed by atoms with van der Waals surface area (Å²) in [7, 11) is 2.14. The predicted octanol–water partition coefficient (Wildman–Crippen LogP) is 3.81. The van der Waals surface area contributed by atoms with Crippen molar-refractivity contribution < 1.29 is 28.2 Å². The average molecular weight is 634 g/mol. The summed E-state index contributed by atoms with van der Waals surface area (Å²) in [6.45, 7) is 4.09. The number of hydrogen-bond acceptors (Lipinski definition) is 10. The number of aliphatic carboxylic acids is 1. The maximum Gasteiger partial charge on any atom is 0.490 e. The number of benzene rings is 2. The third-order valence-corrected chi connectivity index (χ3v) is 7.38. The van der Waals surface area contributed by atoms with Crippen LogP contribution in [-0.2, 0) is 4.79 Å². The lowest BCUT2D eigenvalue weighted by atomic mass is 10.2. The van der Waals surface area contributed by atoms with Gasteiger partial charge in [-0.1, -0.05) is 12.1 Å². The summed E-state index contributed by atoms with van der Waals surface area (Å²) in [6.07, 6.45) is -1.96. The molecular formula is C30H26F3N9O4. The number of hydrogen-bond donors (Lipinski definition) is 3. The standard InChI is InChI=1S/C28H25N9O2.C2HF3O2/c1-34-13-15-35(16-14-34)19-10-8-18(9-11-19)31-28-30-17-20-25(33-28)32-26-24-21(5-4-6-22(24)38)36(37(26)27(20)39)23-7-2-3-12-29-23;3-2(4,5)1(6)7/h2-12,17,38H,13-16H2,1H3,(H,30,31,33);(H,6,7). The van der Waals surface area contributed by atoms with Crippen molar-refractivity contribution in [1.29, 1.82) is 0 Å². The van der Waals surface area contributed by atoms with Gasteiger partial charge in [0.25, 0.3) is 5.56 Å². The molecule has 1 fully saturated rings. The Hall–Kier alpha value is -5.77. The van der Waals surface area contributed by atoms with E-state index in [1.807, 2.05) is 24.3 Å². The van der Waals surface area contributed by atoms with Gasteiger partial charge in [0.1, 0.15) is 11.1 Å². The molecule has 0 bridgehead atoms. The van der Waals surface area contributed by atoms with E-state index in [4.69, 9.17) is 14.9 Å². The van der Waals surface area contributed by atoms with Gasteiger partial charge in [0, 0.05) is 49.9 Å². The van der Waals surface area contributed by atoms with E-state index in [9.17, 15) is 23.1 Å². The minimum Gasteiger partial charge on any atom is -0.507 e. The maximum absolute atomic E-state index is 13.7. The molecule has 0 spiro atoms. The predicted molar refractivity (Wildman–Crippen MR) is 164 cm³/mol. The first-order valence-electron chi connectivity index (χ1n) is 14.0. The lowest BCUT2D eigenvalue weighted by Crippen LogP contribution is -2.44. The highest BCUT2D eigenvalue weighted by Gasteiger charge is 2.38. The van der Waals surface area contributed by atoms with Gasteiger partial charge >= 0.3 is 12.1 Å². The second-order valence-electron chi connectivity index (χ2n) is 10.4. The van der Waals surface area contributed by atoms with Gasteiger partial charge in [-0.25, -0.2) is 24.4 Å². The van der Waals surface area contributed by atoms with Gasteiger partial charge < -0.3 is 25.3 Å². The van der Waals surface area contributed by atoms with Crippen LogP contribution in [0, 0.1) is 0 Å². The molecule has 4 aromatic heterocycles. The van der Waals surface area contributed by atoms with E-state index in [1.165, 1.54) is 16.4 Å². The number of aromatic nitrogens is 6. The monoisotopic (exact) mass is 633 g/mol. The van der Waals surface area contributed by atoms with Crippen LogP contribution in [0.2, 0.25) is 0 Å². The zero-order valence-corrected chi connectivity index (χ0v) is 24.2. The smallest absolute Gasteiger partial charge is 0.490 e. The summed E-state index contributed by atoms with van der Waals surface area (Å²) in [4.78, 5) is 45.4. The van der Waals surface area contributed by atoms with Crippen LogP contribution in [0.5, 0.6) is 5.75 Å². The molecule has 16 heteroatoms. The number of phenols is 1. The molecule has 1 aliphatic heterocycles. The third-order valence-electron chi connectivity index (χ3n) is 7.38. The lowest BCUT2D eigenvalue weighted by molar-refractivity contribution is -0.192. The Morgan fingerprint density at radius 1 is 0.935 bits per heavy atom. The van der Waals surface area contributed by atoms with Crippen LogP contribution in [0.3, 0.4) is 0 Å². The number of carboxylic acids is 1. The van der Waals surface area contributed by atoms with Gasteiger partial charge in [0.15, 0.2) is 17.1 Å². The molecule has 1 saturated heterocycles. The molecule has 7 rings (SSSR count). The molecule has 6 aromatic rings. The number of likely N-dealkylation sites (N-methyl/N-ethyl adjacent to an activating group) is 1. The van der Waals surface area contributed by atoms with Gasteiger partial charge in [-0.15, -0.1) is 0 Å². The van der Waals surface area contributed by atoms with Crippen molar-refractivity contribution in [3.8, 4) is 11.6 Å². The summed E-state index contributed by atoms with van der Waals surface area (Å²) >= 11 is 0. The number of alkyl halides is 3. The van der Waals surface area contributed by atoms with Crippen molar-refractivity contribution >= 4 is 50.9 Å². The number of carbonyl (C=O) groups is 1. The summed E-state index contributed by atoms with van der Waals surface area (Å²) in [6, 6.07) is 18.7. The number of nitrogens with one attached hydrogen (secondary N) is 1. The first-order chi connectivity index (χ1) is 22.0. The lowest BCUT2D eigenvalue weighted by Gasteiger charge is -2.34. The molecule has 0 saturated carbocycles. The van der Waals surface area contributed by atoms with Gasteiger partial charge in [-0.2, -0.15) is 22.7 Å². The Bertz CT molecular complexity index is 2110. The van der Waals surface area contributed by atoms with Crippen molar-refractivity contribution in [2.75, 3.05) is 43.4 Å². The highest BCUT2D eigenvalue weighted by atomic mass is 19.4. The van der Waals surface area contributed by atoms with Crippen molar-refractivity contribution in [3.05, 3.63) is 83.4 Å². The van der Waals surface area contributed by atoms with E-state index in [0.29, 0.717) is 22.7 Å². The molecular weight excluding hydrogens is 607 g/mol. The zero-order valence-electron chi connectivity index (χ0n) is 24.2. The topological polar surface area (TPSA) is 154 Å². The van der Waals surface area contributed by atoms with Crippen LogP contribution < -0.4 is 15.8 Å². The minimum atomic E-state index is -5.08. The number of phenolic OH excluding ortho intramolecular Hbond substituents is 1. The van der Waals surface area contributed by atoms with Crippen LogP contribution in [-0.4, -0.2) is 89.6 Å². The fourth-order valence-corrected chi connectivity index (χ4v) is 5.07. The van der Waals surface area contributed by atoms with E-state index in [0.717, 1.165) is 31.9 Å². The Labute approximate surface area is 257 Å². The fraction of sp³-hybridized carbons (Fsp3) is 0.200. The Balaban J connectivity index is 0.000000480. The van der Waals surface area contributed by atoms with Crippen LogP contribution in [0.15, 0.2) is 77.9 Å². The normalized spacial score (nSPS) is 14.0. The van der Waals surface area contributed by atoms with Crippen molar-refractivity contribution in [3.63, 3.8) is 0 Å². The number of piperazine rings is 1. The molecule has 5 heterocycles. The van der Waals surface area contributed by atoms with Gasteiger partial charge in [-0.05, 0) is 55.6 Å². The van der Waals surface area contributed by atoms with E-state index < -0.39 is 12.1 Å². The van der Waals surface area contributed by atoms with E-state index in [1.54, 1.807) is 35.1 Å². The van der Waals surface area contributed by atoms with Gasteiger partial charge in [-0.3, -0.25) is 4.79 Å². The summed E-state index contributed by atoms with van der Waals surface area (Å²) in [5, 5.41) is 21.8. The summed E-state index contributed by atoms with van der Waals surface area (Å²) in [5.41, 5.74) is 2.76. The Morgan fingerprint density at radius 2 is 1.65 bits per heavy atom. The quantitative estimate of drug-likeness (QED) is 0.260. The molecule has 236 valence electrons. The first kappa shape index (κ1) is 30.3. The molecule has 1 aliphatic rings. The van der Waals surface area contributed by atoms with Crippen molar-refractivity contribution in [2.45, 2.75) is 6.18 Å². The number of pyridine rings is 1. The van der Waals surface area contributed by atoms with Gasteiger partial charge in [0.2, 0.25) is 5.95 Å². The second-order valence-corrected chi connectivity index (χ2v) is 10.4. The molecule has 46 heavy (non-hydrogen) atoms. The van der Waals surface area contributed by atoms with E-state index in [-0.39, 0.29) is 28.0 Å². The van der Waals surface area contributed by atoms with Crippen molar-refractivity contribution in [2.24, 2.45) is 0 Å². The molecule has 2 aromatic carbocycles. The highest BCUT2D eigenvalue weighted by Crippen LogP contribution is 2.31. The fourth-order valence-electron chi connectivity index (χ4n) is 5.07. The van der Waals surface area contributed by atoms with Crippen molar-refractivity contribution in [1.82, 2.24) is 34.0 Å². The largest absolute Gasteiger partial charge is 0.507 e. The second kappa shape index (κ2) is 12.0. The number of nitrogens with zero attached hydrogens (tertiary/aromatic N) is 8. The molecule has 0 aliphatic carbocycles. The highest BCUT2D eigenvalue weighted by molar-refractivity contribution is 5.99. The third kappa shape index (κ3) is 5.84. The number of halogens is 3. The molecule has 0 unspecified atom stereocenters. The van der Waals surface area contributed by atoms with Crippen LogP contribution in [0.1, 0.15) is 0 Å². The SMILES string of the molecule is CN1CCN(c2ccc(Nc3ncc4c(=O)n5c(nc4n3)c3c(O)cccc3n5-c3ccccn3)cc2)CC1.O=C(O)C(F)(F)F. The van der Waals surface area contributed by atoms with Crippen LogP contribution in [0.25, 0.3) is 33.4 Å². The zero-order chi connectivity index (χ0) is 32.6.